The number of fused-ring (bicyclic) bond motifs is 2. The molecule has 3 rings (SSSR count). The third kappa shape index (κ3) is 2.64. The molecule has 10 nitrogen and oxygen atoms in total. The Kier molecular flexibility index (Phi) is 3.75. The van der Waals surface area contributed by atoms with Crippen LogP contribution in [-0.2, 0) is 19.5 Å². The summed E-state index contributed by atoms with van der Waals surface area (Å²) in [4.78, 5) is 25.9. The summed E-state index contributed by atoms with van der Waals surface area (Å²) in [6.07, 6.45) is 3.50. The van der Waals surface area contributed by atoms with Crippen LogP contribution in [0.2, 0.25) is 0 Å². The van der Waals surface area contributed by atoms with Crippen LogP contribution in [-0.4, -0.2) is 64.6 Å². The van der Waals surface area contributed by atoms with Crippen LogP contribution in [0.1, 0.15) is 32.1 Å². The SMILES string of the molecule is NN(C(=O)C1CCC2CN1C(=O)N2OS(=O)(=O)O)C1CCC1. The Hall–Kier alpha value is -1.43. The lowest BCUT2D eigenvalue weighted by Gasteiger charge is -2.38. The number of hydrazine groups is 1. The van der Waals surface area contributed by atoms with Crippen molar-refractivity contribution in [1.29, 1.82) is 0 Å². The van der Waals surface area contributed by atoms with E-state index in [1.54, 1.807) is 0 Å². The summed E-state index contributed by atoms with van der Waals surface area (Å²) in [5, 5.41) is 1.81. The summed E-state index contributed by atoms with van der Waals surface area (Å²) in [5.74, 6) is 5.49. The number of hydrogen-bond acceptors (Lipinski definition) is 6. The van der Waals surface area contributed by atoms with Gasteiger partial charge in [-0.3, -0.25) is 14.4 Å². The molecule has 0 spiro atoms. The summed E-state index contributed by atoms with van der Waals surface area (Å²) in [7, 11) is -4.78. The van der Waals surface area contributed by atoms with Crippen molar-refractivity contribution in [3.05, 3.63) is 0 Å². The first-order chi connectivity index (χ1) is 10.3. The molecule has 0 radical (unpaired) electrons. The second kappa shape index (κ2) is 5.33. The molecule has 2 unspecified atom stereocenters. The van der Waals surface area contributed by atoms with Gasteiger partial charge in [-0.2, -0.15) is 13.5 Å². The summed E-state index contributed by atoms with van der Waals surface area (Å²) in [5.41, 5.74) is 0. The maximum Gasteiger partial charge on any atom is 0.418 e. The largest absolute Gasteiger partial charge is 0.418 e. The van der Waals surface area contributed by atoms with Crippen LogP contribution in [0.25, 0.3) is 0 Å². The average Bonchev–Trinajstić information content (AvgIpc) is 2.60. The minimum atomic E-state index is -4.78. The molecule has 3 fully saturated rings. The first-order valence-electron chi connectivity index (χ1n) is 7.12. The van der Waals surface area contributed by atoms with E-state index in [-0.39, 0.29) is 18.5 Å². The molecule has 0 aromatic heterocycles. The normalized spacial score (nSPS) is 28.7. The maximum atomic E-state index is 12.4. The summed E-state index contributed by atoms with van der Waals surface area (Å²) >= 11 is 0. The van der Waals surface area contributed by atoms with Crippen LogP contribution in [0.15, 0.2) is 0 Å². The highest BCUT2D eigenvalue weighted by molar-refractivity contribution is 7.80. The molecule has 0 aromatic rings. The maximum absolute atomic E-state index is 12.4. The number of hydrogen-bond donors (Lipinski definition) is 2. The molecule has 124 valence electrons. The zero-order valence-electron chi connectivity index (χ0n) is 11.8. The molecule has 2 atom stereocenters. The lowest BCUT2D eigenvalue weighted by molar-refractivity contribution is -0.141. The van der Waals surface area contributed by atoms with Crippen LogP contribution in [0.5, 0.6) is 0 Å². The Morgan fingerprint density at radius 1 is 1.32 bits per heavy atom. The van der Waals surface area contributed by atoms with E-state index < -0.39 is 28.5 Å². The fourth-order valence-electron chi connectivity index (χ4n) is 3.11. The van der Waals surface area contributed by atoms with Gasteiger partial charge < -0.3 is 4.90 Å². The van der Waals surface area contributed by atoms with E-state index in [1.165, 1.54) is 9.91 Å². The monoisotopic (exact) mass is 334 g/mol. The molecule has 22 heavy (non-hydrogen) atoms. The Balaban J connectivity index is 1.72. The lowest BCUT2D eigenvalue weighted by atomic mass is 9.91. The molecule has 2 bridgehead atoms. The van der Waals surface area contributed by atoms with Gasteiger partial charge in [0.25, 0.3) is 5.91 Å². The number of amides is 3. The zero-order valence-corrected chi connectivity index (χ0v) is 12.6. The molecule has 3 aliphatic rings. The van der Waals surface area contributed by atoms with Crippen LogP contribution in [0.3, 0.4) is 0 Å². The van der Waals surface area contributed by atoms with Gasteiger partial charge >= 0.3 is 16.4 Å². The second-order valence-electron chi connectivity index (χ2n) is 5.84. The van der Waals surface area contributed by atoms with Crippen molar-refractivity contribution in [2.24, 2.45) is 5.84 Å². The van der Waals surface area contributed by atoms with Crippen LogP contribution in [0, 0.1) is 0 Å². The van der Waals surface area contributed by atoms with E-state index in [0.29, 0.717) is 17.9 Å². The van der Waals surface area contributed by atoms with E-state index in [2.05, 4.69) is 4.28 Å². The van der Waals surface area contributed by atoms with Crippen molar-refractivity contribution in [2.45, 2.75) is 50.2 Å². The van der Waals surface area contributed by atoms with Gasteiger partial charge in [0.2, 0.25) is 0 Å². The van der Waals surface area contributed by atoms with Gasteiger partial charge in [-0.25, -0.2) is 10.6 Å². The first-order valence-corrected chi connectivity index (χ1v) is 8.49. The highest BCUT2D eigenvalue weighted by Crippen LogP contribution is 2.32. The number of nitrogens with zero attached hydrogens (tertiary/aromatic N) is 3. The molecule has 2 saturated heterocycles. The molecule has 11 heteroatoms. The second-order valence-corrected chi connectivity index (χ2v) is 6.84. The number of carbonyl (C=O) groups excluding carboxylic acids is 2. The van der Waals surface area contributed by atoms with Gasteiger partial charge in [0.1, 0.15) is 6.04 Å². The molecule has 2 heterocycles. The molecular formula is C11H18N4O6S. The number of urea groups is 1. The van der Waals surface area contributed by atoms with E-state index in [1.807, 2.05) is 0 Å². The highest BCUT2D eigenvalue weighted by Gasteiger charge is 2.50. The molecule has 1 saturated carbocycles. The molecular weight excluding hydrogens is 316 g/mol. The van der Waals surface area contributed by atoms with Crippen molar-refractivity contribution in [1.82, 2.24) is 15.0 Å². The van der Waals surface area contributed by atoms with Gasteiger partial charge in [-0.15, -0.1) is 4.28 Å². The van der Waals surface area contributed by atoms with Crippen molar-refractivity contribution in [3.63, 3.8) is 0 Å². The third-order valence-electron chi connectivity index (χ3n) is 4.50. The van der Waals surface area contributed by atoms with Crippen LogP contribution in [0.4, 0.5) is 4.79 Å². The minimum Gasteiger partial charge on any atom is -0.309 e. The molecule has 3 N–H and O–H groups in total. The first kappa shape index (κ1) is 15.5. The quantitative estimate of drug-likeness (QED) is 0.299. The van der Waals surface area contributed by atoms with Gasteiger partial charge in [0.05, 0.1) is 6.04 Å². The number of nitrogens with two attached hydrogens (primary N) is 1. The number of carbonyl (C=O) groups is 2. The van der Waals surface area contributed by atoms with E-state index in [4.69, 9.17) is 10.4 Å². The smallest absolute Gasteiger partial charge is 0.309 e. The predicted molar refractivity (Wildman–Crippen MR) is 72.1 cm³/mol. The van der Waals surface area contributed by atoms with Crippen LogP contribution >= 0.6 is 0 Å². The molecule has 2 aliphatic heterocycles. The van der Waals surface area contributed by atoms with Crippen LogP contribution < -0.4 is 5.84 Å². The number of piperidine rings is 1. The summed E-state index contributed by atoms with van der Waals surface area (Å²) in [6, 6.07) is -1.97. The minimum absolute atomic E-state index is 0.00750. The summed E-state index contributed by atoms with van der Waals surface area (Å²) in [6.45, 7) is 0.170. The number of rotatable bonds is 4. The Morgan fingerprint density at radius 3 is 2.55 bits per heavy atom. The van der Waals surface area contributed by atoms with Gasteiger partial charge in [0.15, 0.2) is 0 Å². The fraction of sp³-hybridized carbons (Fsp3) is 0.818. The summed E-state index contributed by atoms with van der Waals surface area (Å²) < 4.78 is 34.7. The molecule has 3 amide bonds. The fourth-order valence-corrected chi connectivity index (χ4v) is 3.49. The standard InChI is InChI=1S/C11H18N4O6S/c12-14(7-2-1-3-7)10(16)9-5-4-8-6-13(9)11(17)15(8)21-22(18,19)20/h7-9H,1-6,12H2,(H,18,19,20). The van der Waals surface area contributed by atoms with E-state index in [9.17, 15) is 18.0 Å². The van der Waals surface area contributed by atoms with Crippen molar-refractivity contribution in [3.8, 4) is 0 Å². The average molecular weight is 334 g/mol. The van der Waals surface area contributed by atoms with Crippen molar-refractivity contribution >= 4 is 22.3 Å². The lowest BCUT2D eigenvalue weighted by Crippen LogP contribution is -2.57. The Bertz CT molecular complexity index is 591. The molecule has 1 aliphatic carbocycles. The predicted octanol–water partition coefficient (Wildman–Crippen LogP) is -0.756. The topological polar surface area (TPSA) is 133 Å². The van der Waals surface area contributed by atoms with E-state index >= 15 is 0 Å². The number of hydroxylamine groups is 2. The molecule has 0 aromatic carbocycles. The highest BCUT2D eigenvalue weighted by atomic mass is 32.3. The zero-order chi connectivity index (χ0) is 16.1. The third-order valence-corrected chi connectivity index (χ3v) is 4.85. The van der Waals surface area contributed by atoms with Gasteiger partial charge in [-0.1, -0.05) is 0 Å². The van der Waals surface area contributed by atoms with Gasteiger partial charge in [0, 0.05) is 12.6 Å². The Morgan fingerprint density at radius 2 is 2.00 bits per heavy atom. The Labute approximate surface area is 127 Å². The van der Waals surface area contributed by atoms with E-state index in [0.717, 1.165) is 19.3 Å². The van der Waals surface area contributed by atoms with Crippen molar-refractivity contribution in [2.75, 3.05) is 6.54 Å². The van der Waals surface area contributed by atoms with Gasteiger partial charge in [-0.05, 0) is 32.1 Å². The van der Waals surface area contributed by atoms with Crippen molar-refractivity contribution < 1.29 is 26.8 Å².